The van der Waals surface area contributed by atoms with Crippen LogP contribution in [0, 0.1) is 16.0 Å². The van der Waals surface area contributed by atoms with E-state index < -0.39 is 26.7 Å². The molecular formula is C12H19BrClN3O4S. The van der Waals surface area contributed by atoms with Gasteiger partial charge < -0.3 is 5.73 Å². The second-order valence-corrected chi connectivity index (χ2v) is 7.65. The molecule has 0 heterocycles. The van der Waals surface area contributed by atoms with Gasteiger partial charge in [0.25, 0.3) is 5.69 Å². The molecule has 1 unspecified atom stereocenters. The molecule has 10 heteroatoms. The zero-order valence-corrected chi connectivity index (χ0v) is 15.4. The summed E-state index contributed by atoms with van der Waals surface area (Å²) in [6.07, 6.45) is 0.556. The smallest absolute Gasteiger partial charge is 0.290 e. The standard InChI is InChI=1S/C12H18BrN3O4S.ClH/c1-8(2)5-10(7-14)15-21(19,20)12-4-3-9(13)6-11(12)16(17)18;/h3-4,6,8,10,15H,5,7,14H2,1-2H3;1H. The Balaban J connectivity index is 0.00000441. The molecule has 0 bridgehead atoms. The SMILES string of the molecule is CC(C)CC(CN)NS(=O)(=O)c1ccc(Br)cc1[N+](=O)[O-].Cl. The number of benzene rings is 1. The number of nitrogens with one attached hydrogen (secondary N) is 1. The number of hydrogen-bond donors (Lipinski definition) is 2. The Morgan fingerprint density at radius 1 is 1.41 bits per heavy atom. The first kappa shape index (κ1) is 21.3. The van der Waals surface area contributed by atoms with Gasteiger partial charge in [-0.25, -0.2) is 13.1 Å². The van der Waals surface area contributed by atoms with Crippen molar-refractivity contribution in [2.75, 3.05) is 6.54 Å². The number of nitro groups is 1. The highest BCUT2D eigenvalue weighted by Gasteiger charge is 2.28. The molecule has 0 amide bonds. The van der Waals surface area contributed by atoms with Crippen LogP contribution in [0.25, 0.3) is 0 Å². The molecule has 0 aliphatic carbocycles. The van der Waals surface area contributed by atoms with E-state index >= 15 is 0 Å². The Labute approximate surface area is 144 Å². The summed E-state index contributed by atoms with van der Waals surface area (Å²) in [6, 6.07) is 3.35. The molecule has 22 heavy (non-hydrogen) atoms. The average Bonchev–Trinajstić information content (AvgIpc) is 2.36. The third-order valence-corrected chi connectivity index (χ3v) is 4.83. The molecule has 1 atom stereocenters. The fourth-order valence-corrected chi connectivity index (χ4v) is 3.67. The number of hydrogen-bond acceptors (Lipinski definition) is 5. The Morgan fingerprint density at radius 2 is 2.00 bits per heavy atom. The fourth-order valence-electron chi connectivity index (χ4n) is 1.90. The lowest BCUT2D eigenvalue weighted by Gasteiger charge is -2.18. The van der Waals surface area contributed by atoms with Gasteiger partial charge in [-0.05, 0) is 24.5 Å². The van der Waals surface area contributed by atoms with Crippen LogP contribution in [0.4, 0.5) is 5.69 Å². The van der Waals surface area contributed by atoms with Crippen molar-refractivity contribution in [3.63, 3.8) is 0 Å². The molecule has 0 spiro atoms. The number of rotatable bonds is 7. The quantitative estimate of drug-likeness (QED) is 0.523. The van der Waals surface area contributed by atoms with Crippen LogP contribution in [0.3, 0.4) is 0 Å². The highest BCUT2D eigenvalue weighted by atomic mass is 79.9. The molecule has 126 valence electrons. The predicted molar refractivity (Wildman–Crippen MR) is 90.7 cm³/mol. The number of nitrogens with two attached hydrogens (primary N) is 1. The van der Waals surface area contributed by atoms with Crippen molar-refractivity contribution in [1.29, 1.82) is 0 Å². The van der Waals surface area contributed by atoms with E-state index in [4.69, 9.17) is 5.73 Å². The summed E-state index contributed by atoms with van der Waals surface area (Å²) in [7, 11) is -4.00. The normalized spacial score (nSPS) is 12.8. The van der Waals surface area contributed by atoms with E-state index in [1.165, 1.54) is 12.1 Å². The van der Waals surface area contributed by atoms with E-state index in [0.29, 0.717) is 10.9 Å². The summed E-state index contributed by atoms with van der Waals surface area (Å²) in [6.45, 7) is 4.01. The molecule has 0 fully saturated rings. The maximum atomic E-state index is 12.3. The van der Waals surface area contributed by atoms with E-state index in [1.807, 2.05) is 13.8 Å². The van der Waals surface area contributed by atoms with Crippen LogP contribution < -0.4 is 10.5 Å². The van der Waals surface area contributed by atoms with Gasteiger partial charge in [-0.3, -0.25) is 10.1 Å². The second kappa shape index (κ2) is 8.78. The van der Waals surface area contributed by atoms with E-state index in [0.717, 1.165) is 6.07 Å². The molecule has 1 aromatic carbocycles. The summed E-state index contributed by atoms with van der Waals surface area (Å²) in [4.78, 5) is 9.94. The summed E-state index contributed by atoms with van der Waals surface area (Å²) < 4.78 is 27.5. The lowest BCUT2D eigenvalue weighted by molar-refractivity contribution is -0.387. The van der Waals surface area contributed by atoms with Crippen molar-refractivity contribution >= 4 is 44.0 Å². The van der Waals surface area contributed by atoms with Crippen molar-refractivity contribution in [3.8, 4) is 0 Å². The van der Waals surface area contributed by atoms with Crippen molar-refractivity contribution < 1.29 is 13.3 Å². The zero-order valence-electron chi connectivity index (χ0n) is 12.2. The van der Waals surface area contributed by atoms with Crippen molar-refractivity contribution in [1.82, 2.24) is 4.72 Å². The van der Waals surface area contributed by atoms with Gasteiger partial charge in [0.05, 0.1) is 4.92 Å². The van der Waals surface area contributed by atoms with Crippen LogP contribution >= 0.6 is 28.3 Å². The van der Waals surface area contributed by atoms with Gasteiger partial charge in [-0.2, -0.15) is 0 Å². The minimum atomic E-state index is -4.00. The number of halogens is 2. The van der Waals surface area contributed by atoms with Crippen LogP contribution in [0.15, 0.2) is 27.6 Å². The first-order valence-electron chi connectivity index (χ1n) is 6.33. The van der Waals surface area contributed by atoms with Crippen LogP contribution in [-0.2, 0) is 10.0 Å². The Morgan fingerprint density at radius 3 is 2.45 bits per heavy atom. The number of nitrogens with zero attached hydrogens (tertiary/aromatic N) is 1. The molecular weight excluding hydrogens is 398 g/mol. The molecule has 1 rings (SSSR count). The summed E-state index contributed by atoms with van der Waals surface area (Å²) >= 11 is 3.09. The van der Waals surface area contributed by atoms with E-state index in [9.17, 15) is 18.5 Å². The zero-order chi connectivity index (χ0) is 16.2. The molecule has 3 N–H and O–H groups in total. The van der Waals surface area contributed by atoms with Crippen LogP contribution in [0.5, 0.6) is 0 Å². The third-order valence-electron chi connectivity index (χ3n) is 2.77. The van der Waals surface area contributed by atoms with Gasteiger partial charge >= 0.3 is 0 Å². The van der Waals surface area contributed by atoms with Crippen molar-refractivity contribution in [2.24, 2.45) is 11.7 Å². The molecule has 1 aromatic rings. The monoisotopic (exact) mass is 415 g/mol. The van der Waals surface area contributed by atoms with Crippen LogP contribution in [0.1, 0.15) is 20.3 Å². The minimum Gasteiger partial charge on any atom is -0.329 e. The first-order chi connectivity index (χ1) is 9.67. The highest BCUT2D eigenvalue weighted by Crippen LogP contribution is 2.27. The van der Waals surface area contributed by atoms with Gasteiger partial charge in [-0.15, -0.1) is 12.4 Å². The summed E-state index contributed by atoms with van der Waals surface area (Å²) in [5.74, 6) is 0.251. The van der Waals surface area contributed by atoms with Crippen molar-refractivity contribution in [2.45, 2.75) is 31.2 Å². The summed E-state index contributed by atoms with van der Waals surface area (Å²) in [5.41, 5.74) is 5.09. The molecule has 7 nitrogen and oxygen atoms in total. The van der Waals surface area contributed by atoms with Crippen LogP contribution in [-0.4, -0.2) is 25.9 Å². The molecule has 0 aliphatic heterocycles. The minimum absolute atomic E-state index is 0. The van der Waals surface area contributed by atoms with Crippen LogP contribution in [0.2, 0.25) is 0 Å². The Hall–Kier alpha value is -0.740. The average molecular weight is 417 g/mol. The molecule has 0 saturated carbocycles. The maximum absolute atomic E-state index is 12.3. The van der Waals surface area contributed by atoms with Gasteiger partial charge in [0.15, 0.2) is 4.90 Å². The summed E-state index contributed by atoms with van der Waals surface area (Å²) in [5, 5.41) is 11.0. The maximum Gasteiger partial charge on any atom is 0.290 e. The highest BCUT2D eigenvalue weighted by molar-refractivity contribution is 9.10. The lowest BCUT2D eigenvalue weighted by atomic mass is 10.1. The van der Waals surface area contributed by atoms with Gasteiger partial charge in [-0.1, -0.05) is 29.8 Å². The Kier molecular flexibility index (Phi) is 8.48. The fraction of sp³-hybridized carbons (Fsp3) is 0.500. The Bertz CT molecular complexity index is 625. The van der Waals surface area contributed by atoms with E-state index in [2.05, 4.69) is 20.7 Å². The lowest BCUT2D eigenvalue weighted by Crippen LogP contribution is -2.41. The molecule has 0 radical (unpaired) electrons. The first-order valence-corrected chi connectivity index (χ1v) is 8.61. The number of sulfonamides is 1. The van der Waals surface area contributed by atoms with E-state index in [1.54, 1.807) is 0 Å². The molecule has 0 aromatic heterocycles. The topological polar surface area (TPSA) is 115 Å². The van der Waals surface area contributed by atoms with Crippen molar-refractivity contribution in [3.05, 3.63) is 32.8 Å². The molecule has 0 aliphatic rings. The molecule has 0 saturated heterocycles. The predicted octanol–water partition coefficient (Wildman–Crippen LogP) is 2.43. The van der Waals surface area contributed by atoms with Gasteiger partial charge in [0, 0.05) is 23.1 Å². The van der Waals surface area contributed by atoms with Gasteiger partial charge in [0.1, 0.15) is 0 Å². The number of nitro benzene ring substituents is 1. The third kappa shape index (κ3) is 5.81. The van der Waals surface area contributed by atoms with E-state index in [-0.39, 0.29) is 29.8 Å². The van der Waals surface area contributed by atoms with Gasteiger partial charge in [0.2, 0.25) is 10.0 Å². The largest absolute Gasteiger partial charge is 0.329 e. The second-order valence-electron chi connectivity index (χ2n) is 5.05.